The number of halogens is 1. The van der Waals surface area contributed by atoms with Crippen molar-refractivity contribution in [1.29, 1.82) is 5.26 Å². The Labute approximate surface area is 91.3 Å². The minimum Gasteiger partial charge on any atom is -0.370 e. The number of hydrogen-bond acceptors (Lipinski definition) is 4. The molecule has 0 spiro atoms. The molecule has 74 valence electrons. The van der Waals surface area contributed by atoms with Gasteiger partial charge < -0.3 is 4.74 Å². The topological polar surface area (TPSA) is 45.9 Å². The summed E-state index contributed by atoms with van der Waals surface area (Å²) in [6.07, 6.45) is 3.27. The molecule has 0 aliphatic carbocycles. The third-order valence-electron chi connectivity index (χ3n) is 2.23. The molecule has 1 aliphatic rings. The summed E-state index contributed by atoms with van der Waals surface area (Å²) in [4.78, 5) is 4.15. The first-order valence-corrected chi connectivity index (χ1v) is 5.63. The molecule has 14 heavy (non-hydrogen) atoms. The quantitative estimate of drug-likeness (QED) is 0.743. The molecule has 1 aromatic heterocycles. The van der Waals surface area contributed by atoms with Gasteiger partial charge in [-0.3, -0.25) is 0 Å². The predicted octanol–water partition coefficient (Wildman–Crippen LogP) is 2.79. The Morgan fingerprint density at radius 1 is 1.71 bits per heavy atom. The minimum atomic E-state index is -0.175. The first-order chi connectivity index (χ1) is 6.81. The van der Waals surface area contributed by atoms with E-state index in [2.05, 4.69) is 11.1 Å². The van der Waals surface area contributed by atoms with Gasteiger partial charge in [0.2, 0.25) is 0 Å². The molecule has 0 aromatic carbocycles. The van der Waals surface area contributed by atoms with E-state index in [4.69, 9.17) is 21.6 Å². The molecule has 1 aliphatic heterocycles. The van der Waals surface area contributed by atoms with Gasteiger partial charge >= 0.3 is 0 Å². The lowest BCUT2D eigenvalue weighted by molar-refractivity contribution is -0.0102. The summed E-state index contributed by atoms with van der Waals surface area (Å²) in [5.41, 5.74) is 0. The molecule has 0 bridgehead atoms. The number of ether oxygens (including phenoxy) is 1. The van der Waals surface area contributed by atoms with Crippen molar-refractivity contribution in [3.63, 3.8) is 0 Å². The number of nitriles is 1. The third kappa shape index (κ3) is 1.90. The van der Waals surface area contributed by atoms with Gasteiger partial charge in [-0.05, 0) is 12.8 Å². The summed E-state index contributed by atoms with van der Waals surface area (Å²) in [5, 5.41) is 9.76. The average molecular weight is 229 g/mol. The second-order valence-electron chi connectivity index (χ2n) is 3.17. The van der Waals surface area contributed by atoms with Crippen LogP contribution in [0.1, 0.15) is 24.0 Å². The molecule has 1 fully saturated rings. The molecule has 2 atom stereocenters. The third-order valence-corrected chi connectivity index (χ3v) is 3.40. The van der Waals surface area contributed by atoms with E-state index in [0.29, 0.717) is 10.9 Å². The number of rotatable bonds is 1. The van der Waals surface area contributed by atoms with Gasteiger partial charge in [0.15, 0.2) is 0 Å². The zero-order valence-corrected chi connectivity index (χ0v) is 9.01. The van der Waals surface area contributed by atoms with Crippen molar-refractivity contribution in [3.8, 4) is 6.07 Å². The fourth-order valence-electron chi connectivity index (χ4n) is 1.56. The van der Waals surface area contributed by atoms with E-state index in [1.165, 1.54) is 11.3 Å². The fraction of sp³-hybridized carbons (Fsp3) is 0.556. The van der Waals surface area contributed by atoms with E-state index in [0.717, 1.165) is 17.8 Å². The van der Waals surface area contributed by atoms with Gasteiger partial charge in [-0.15, -0.1) is 11.3 Å². The lowest BCUT2D eigenvalue weighted by atomic mass is 9.96. The normalized spacial score (nSPS) is 27.1. The van der Waals surface area contributed by atoms with Gasteiger partial charge in [0.1, 0.15) is 15.4 Å². The molecule has 0 saturated carbocycles. The van der Waals surface area contributed by atoms with Crippen molar-refractivity contribution in [2.75, 3.05) is 6.61 Å². The van der Waals surface area contributed by atoms with Gasteiger partial charge in [-0.1, -0.05) is 11.6 Å². The molecule has 0 amide bonds. The Hall–Kier alpha value is -0.630. The van der Waals surface area contributed by atoms with E-state index in [9.17, 15) is 0 Å². The fourth-order valence-corrected chi connectivity index (χ4v) is 2.60. The second kappa shape index (κ2) is 4.26. The van der Waals surface area contributed by atoms with E-state index in [1.807, 2.05) is 0 Å². The lowest BCUT2D eigenvalue weighted by Gasteiger charge is -2.25. The van der Waals surface area contributed by atoms with Gasteiger partial charge in [0.05, 0.1) is 18.2 Å². The van der Waals surface area contributed by atoms with Crippen LogP contribution < -0.4 is 0 Å². The highest BCUT2D eigenvalue weighted by Crippen LogP contribution is 2.36. The largest absolute Gasteiger partial charge is 0.370 e. The van der Waals surface area contributed by atoms with E-state index in [-0.39, 0.29) is 12.0 Å². The maximum atomic E-state index is 8.94. The van der Waals surface area contributed by atoms with Crippen LogP contribution in [0, 0.1) is 17.2 Å². The average Bonchev–Trinajstić information content (AvgIpc) is 2.65. The van der Waals surface area contributed by atoms with Crippen LogP contribution in [0.25, 0.3) is 0 Å². The second-order valence-corrected chi connectivity index (χ2v) is 4.87. The van der Waals surface area contributed by atoms with Crippen LogP contribution in [0.15, 0.2) is 6.20 Å². The summed E-state index contributed by atoms with van der Waals surface area (Å²) in [7, 11) is 0. The standard InChI is InChI=1S/C9H9ClN2OS/c10-7-5-12-9(14-7)8-6(4-11)2-1-3-13-8/h5-6,8H,1-3H2. The van der Waals surface area contributed by atoms with Crippen molar-refractivity contribution in [1.82, 2.24) is 4.98 Å². The van der Waals surface area contributed by atoms with Crippen molar-refractivity contribution >= 4 is 22.9 Å². The number of aromatic nitrogens is 1. The summed E-state index contributed by atoms with van der Waals surface area (Å²) in [6, 6.07) is 2.26. The summed E-state index contributed by atoms with van der Waals surface area (Å²) in [6.45, 7) is 0.708. The van der Waals surface area contributed by atoms with Crippen LogP contribution in [0.5, 0.6) is 0 Å². The smallest absolute Gasteiger partial charge is 0.125 e. The highest BCUT2D eigenvalue weighted by Gasteiger charge is 2.29. The van der Waals surface area contributed by atoms with E-state index >= 15 is 0 Å². The maximum Gasteiger partial charge on any atom is 0.125 e. The first-order valence-electron chi connectivity index (χ1n) is 4.43. The molecule has 3 nitrogen and oxygen atoms in total. The first kappa shape index (κ1) is 9.91. The summed E-state index contributed by atoms with van der Waals surface area (Å²) < 4.78 is 6.19. The number of nitrogens with zero attached hydrogens (tertiary/aromatic N) is 2. The molecule has 2 unspecified atom stereocenters. The molecular weight excluding hydrogens is 220 g/mol. The molecular formula is C9H9ClN2OS. The van der Waals surface area contributed by atoms with Crippen LogP contribution in [-0.2, 0) is 4.74 Å². The van der Waals surface area contributed by atoms with Crippen molar-refractivity contribution in [2.24, 2.45) is 5.92 Å². The number of thiazole rings is 1. The Kier molecular flexibility index (Phi) is 3.02. The van der Waals surface area contributed by atoms with Crippen LogP contribution in [0.4, 0.5) is 0 Å². The lowest BCUT2D eigenvalue weighted by Crippen LogP contribution is -2.21. The Bertz CT molecular complexity index is 360. The Balaban J connectivity index is 2.19. The monoisotopic (exact) mass is 228 g/mol. The highest BCUT2D eigenvalue weighted by atomic mass is 35.5. The predicted molar refractivity (Wildman–Crippen MR) is 54.2 cm³/mol. The molecule has 1 aromatic rings. The Morgan fingerprint density at radius 2 is 2.57 bits per heavy atom. The molecule has 5 heteroatoms. The van der Waals surface area contributed by atoms with Crippen molar-refractivity contribution in [3.05, 3.63) is 15.5 Å². The molecule has 0 radical (unpaired) electrons. The van der Waals surface area contributed by atoms with Crippen LogP contribution in [0.2, 0.25) is 4.34 Å². The maximum absolute atomic E-state index is 8.94. The molecule has 0 N–H and O–H groups in total. The van der Waals surface area contributed by atoms with Gasteiger partial charge in [-0.25, -0.2) is 4.98 Å². The van der Waals surface area contributed by atoms with E-state index < -0.39 is 0 Å². The molecule has 2 heterocycles. The molecule has 1 saturated heterocycles. The van der Waals surface area contributed by atoms with Crippen LogP contribution >= 0.6 is 22.9 Å². The zero-order chi connectivity index (χ0) is 9.97. The van der Waals surface area contributed by atoms with Crippen molar-refractivity contribution < 1.29 is 4.74 Å². The molecule has 2 rings (SSSR count). The summed E-state index contributed by atoms with van der Waals surface area (Å²) in [5.74, 6) is -0.0778. The van der Waals surface area contributed by atoms with Crippen molar-refractivity contribution in [2.45, 2.75) is 18.9 Å². The van der Waals surface area contributed by atoms with Crippen LogP contribution in [0.3, 0.4) is 0 Å². The SMILES string of the molecule is N#CC1CCCOC1c1ncc(Cl)s1. The van der Waals surface area contributed by atoms with Gasteiger partial charge in [0.25, 0.3) is 0 Å². The minimum absolute atomic E-state index is 0.0778. The van der Waals surface area contributed by atoms with Crippen LogP contribution in [-0.4, -0.2) is 11.6 Å². The van der Waals surface area contributed by atoms with E-state index in [1.54, 1.807) is 6.20 Å². The summed E-state index contributed by atoms with van der Waals surface area (Å²) >= 11 is 7.18. The van der Waals surface area contributed by atoms with Gasteiger partial charge in [0, 0.05) is 6.61 Å². The number of hydrogen-bond donors (Lipinski definition) is 0. The Morgan fingerprint density at radius 3 is 3.21 bits per heavy atom. The highest BCUT2D eigenvalue weighted by molar-refractivity contribution is 7.15. The zero-order valence-electron chi connectivity index (χ0n) is 7.44. The van der Waals surface area contributed by atoms with Gasteiger partial charge in [-0.2, -0.15) is 5.26 Å².